The first kappa shape index (κ1) is 8.74. The van der Waals surface area contributed by atoms with Crippen LogP contribution in [0.4, 0.5) is 0 Å². The van der Waals surface area contributed by atoms with Gasteiger partial charge in [-0.1, -0.05) is 6.92 Å². The molecule has 68 valence electrons. The van der Waals surface area contributed by atoms with Crippen molar-refractivity contribution in [3.8, 4) is 6.07 Å². The summed E-state index contributed by atoms with van der Waals surface area (Å²) in [5, 5.41) is 14.0. The molecule has 0 bridgehead atoms. The zero-order chi connectivity index (χ0) is 9.26. The third kappa shape index (κ3) is 2.09. The highest BCUT2D eigenvalue weighted by molar-refractivity contribution is 7.10. The first-order chi connectivity index (χ1) is 6.29. The van der Waals surface area contributed by atoms with Crippen LogP contribution in [0.15, 0.2) is 11.4 Å². The summed E-state index contributed by atoms with van der Waals surface area (Å²) < 4.78 is 0. The molecule has 0 radical (unpaired) electrons. The van der Waals surface area contributed by atoms with Crippen LogP contribution < -0.4 is 5.32 Å². The van der Waals surface area contributed by atoms with Gasteiger partial charge in [-0.25, -0.2) is 0 Å². The largest absolute Gasteiger partial charge is 0.309 e. The average Bonchev–Trinajstić information content (AvgIpc) is 2.68. The van der Waals surface area contributed by atoms with E-state index in [0.29, 0.717) is 6.04 Å². The SMILES string of the molecule is CC1CC1NCc1cc(C#N)cs1. The number of thiophene rings is 1. The van der Waals surface area contributed by atoms with Crippen LogP contribution in [0.5, 0.6) is 0 Å². The van der Waals surface area contributed by atoms with Crippen molar-refractivity contribution in [1.29, 1.82) is 5.26 Å². The Morgan fingerprint density at radius 2 is 2.54 bits per heavy atom. The molecule has 0 amide bonds. The fourth-order valence-electron chi connectivity index (χ4n) is 1.37. The van der Waals surface area contributed by atoms with Gasteiger partial charge in [-0.15, -0.1) is 11.3 Å². The minimum atomic E-state index is 0.715. The summed E-state index contributed by atoms with van der Waals surface area (Å²) >= 11 is 1.66. The van der Waals surface area contributed by atoms with Gasteiger partial charge < -0.3 is 5.32 Å². The van der Waals surface area contributed by atoms with Gasteiger partial charge in [0.2, 0.25) is 0 Å². The zero-order valence-corrected chi connectivity index (χ0v) is 8.40. The number of nitrogens with zero attached hydrogens (tertiary/aromatic N) is 1. The molecule has 2 nitrogen and oxygen atoms in total. The Bertz CT molecular complexity index is 337. The van der Waals surface area contributed by atoms with Crippen molar-refractivity contribution < 1.29 is 0 Å². The van der Waals surface area contributed by atoms with Crippen molar-refractivity contribution in [2.24, 2.45) is 5.92 Å². The molecule has 2 rings (SSSR count). The molecule has 1 aromatic rings. The van der Waals surface area contributed by atoms with Crippen LogP contribution in [0.3, 0.4) is 0 Å². The predicted molar refractivity (Wildman–Crippen MR) is 53.4 cm³/mol. The number of nitriles is 1. The van der Waals surface area contributed by atoms with Gasteiger partial charge in [0.15, 0.2) is 0 Å². The molecule has 1 N–H and O–H groups in total. The van der Waals surface area contributed by atoms with Gasteiger partial charge in [-0.05, 0) is 18.4 Å². The summed E-state index contributed by atoms with van der Waals surface area (Å²) in [7, 11) is 0. The Labute approximate surface area is 82.2 Å². The highest BCUT2D eigenvalue weighted by Crippen LogP contribution is 2.29. The summed E-state index contributed by atoms with van der Waals surface area (Å²) in [4.78, 5) is 1.26. The van der Waals surface area contributed by atoms with Gasteiger partial charge in [0.05, 0.1) is 5.56 Å². The summed E-state index contributed by atoms with van der Waals surface area (Å²) in [6.45, 7) is 3.17. The van der Waals surface area contributed by atoms with Crippen LogP contribution in [0.2, 0.25) is 0 Å². The Morgan fingerprint density at radius 1 is 1.77 bits per heavy atom. The van der Waals surface area contributed by atoms with Crippen molar-refractivity contribution in [2.45, 2.75) is 25.9 Å². The fourth-order valence-corrected chi connectivity index (χ4v) is 2.13. The second kappa shape index (κ2) is 3.49. The molecule has 1 aliphatic rings. The minimum Gasteiger partial charge on any atom is -0.309 e. The van der Waals surface area contributed by atoms with E-state index in [1.165, 1.54) is 11.3 Å². The number of hydrogen-bond acceptors (Lipinski definition) is 3. The fraction of sp³-hybridized carbons (Fsp3) is 0.500. The van der Waals surface area contributed by atoms with E-state index in [0.717, 1.165) is 18.0 Å². The highest BCUT2D eigenvalue weighted by atomic mass is 32.1. The molecular formula is C10H12N2S. The van der Waals surface area contributed by atoms with E-state index in [4.69, 9.17) is 5.26 Å². The Hall–Kier alpha value is -0.850. The van der Waals surface area contributed by atoms with Gasteiger partial charge >= 0.3 is 0 Å². The molecule has 1 fully saturated rings. The van der Waals surface area contributed by atoms with Crippen LogP contribution in [-0.2, 0) is 6.54 Å². The van der Waals surface area contributed by atoms with Crippen molar-refractivity contribution in [3.05, 3.63) is 21.9 Å². The first-order valence-corrected chi connectivity index (χ1v) is 5.38. The lowest BCUT2D eigenvalue weighted by Crippen LogP contribution is -2.16. The summed E-state index contributed by atoms with van der Waals surface area (Å²) in [6.07, 6.45) is 1.30. The number of hydrogen-bond donors (Lipinski definition) is 1. The molecular weight excluding hydrogens is 180 g/mol. The molecule has 1 aliphatic carbocycles. The second-order valence-corrected chi connectivity index (χ2v) is 4.61. The van der Waals surface area contributed by atoms with Gasteiger partial charge in [-0.2, -0.15) is 5.26 Å². The molecule has 0 saturated heterocycles. The van der Waals surface area contributed by atoms with E-state index in [-0.39, 0.29) is 0 Å². The van der Waals surface area contributed by atoms with Crippen molar-refractivity contribution in [3.63, 3.8) is 0 Å². The zero-order valence-electron chi connectivity index (χ0n) is 7.58. The van der Waals surface area contributed by atoms with Crippen molar-refractivity contribution in [2.75, 3.05) is 0 Å². The lowest BCUT2D eigenvalue weighted by Gasteiger charge is -1.98. The molecule has 0 spiro atoms. The lowest BCUT2D eigenvalue weighted by molar-refractivity contribution is 0.658. The molecule has 0 aliphatic heterocycles. The lowest BCUT2D eigenvalue weighted by atomic mass is 10.3. The third-order valence-electron chi connectivity index (χ3n) is 2.43. The molecule has 2 unspecified atom stereocenters. The van der Waals surface area contributed by atoms with Gasteiger partial charge in [0.1, 0.15) is 6.07 Å². The van der Waals surface area contributed by atoms with Gasteiger partial charge in [-0.3, -0.25) is 0 Å². The maximum atomic E-state index is 8.62. The topological polar surface area (TPSA) is 35.8 Å². The summed E-state index contributed by atoms with van der Waals surface area (Å²) in [5.41, 5.74) is 0.783. The Balaban J connectivity index is 1.84. The smallest absolute Gasteiger partial charge is 0.100 e. The molecule has 1 saturated carbocycles. The molecule has 1 heterocycles. The van der Waals surface area contributed by atoms with Crippen LogP contribution in [-0.4, -0.2) is 6.04 Å². The van der Waals surface area contributed by atoms with E-state index in [2.05, 4.69) is 18.3 Å². The van der Waals surface area contributed by atoms with Crippen LogP contribution in [0.25, 0.3) is 0 Å². The second-order valence-electron chi connectivity index (χ2n) is 3.61. The summed E-state index contributed by atoms with van der Waals surface area (Å²) in [6, 6.07) is 4.82. The van der Waals surface area contributed by atoms with Crippen molar-refractivity contribution in [1.82, 2.24) is 5.32 Å². The Kier molecular flexibility index (Phi) is 2.34. The van der Waals surface area contributed by atoms with Crippen molar-refractivity contribution >= 4 is 11.3 Å². The van der Waals surface area contributed by atoms with E-state index in [9.17, 15) is 0 Å². The maximum Gasteiger partial charge on any atom is 0.100 e. The molecule has 13 heavy (non-hydrogen) atoms. The van der Waals surface area contributed by atoms with Crippen LogP contribution >= 0.6 is 11.3 Å². The number of nitrogens with one attached hydrogen (secondary N) is 1. The standard InChI is InChI=1S/C10H12N2S/c1-7-2-10(7)12-5-9-3-8(4-11)6-13-9/h3,6-7,10,12H,2,5H2,1H3. The van der Waals surface area contributed by atoms with E-state index in [1.807, 2.05) is 11.4 Å². The predicted octanol–water partition coefficient (Wildman–Crippen LogP) is 2.12. The first-order valence-electron chi connectivity index (χ1n) is 4.50. The quantitative estimate of drug-likeness (QED) is 0.796. The highest BCUT2D eigenvalue weighted by Gasteiger charge is 2.31. The monoisotopic (exact) mass is 192 g/mol. The van der Waals surface area contributed by atoms with Crippen LogP contribution in [0.1, 0.15) is 23.8 Å². The molecule has 3 heteroatoms. The summed E-state index contributed by atoms with van der Waals surface area (Å²) in [5.74, 6) is 0.843. The van der Waals surface area contributed by atoms with E-state index in [1.54, 1.807) is 11.3 Å². The molecule has 0 aromatic carbocycles. The number of rotatable bonds is 3. The Morgan fingerprint density at radius 3 is 3.08 bits per heavy atom. The van der Waals surface area contributed by atoms with E-state index < -0.39 is 0 Å². The average molecular weight is 192 g/mol. The minimum absolute atomic E-state index is 0.715. The normalized spacial score (nSPS) is 25.5. The van der Waals surface area contributed by atoms with E-state index >= 15 is 0 Å². The maximum absolute atomic E-state index is 8.62. The van der Waals surface area contributed by atoms with Gasteiger partial charge in [0, 0.05) is 22.8 Å². The van der Waals surface area contributed by atoms with Crippen LogP contribution in [0, 0.1) is 17.2 Å². The molecule has 2 atom stereocenters. The van der Waals surface area contributed by atoms with Gasteiger partial charge in [0.25, 0.3) is 0 Å². The molecule has 1 aromatic heterocycles. The third-order valence-corrected chi connectivity index (χ3v) is 3.37.